The lowest BCUT2D eigenvalue weighted by Crippen LogP contribution is -2.29. The number of hydrogen-bond donors (Lipinski definition) is 1. The van der Waals surface area contributed by atoms with E-state index in [1.807, 2.05) is 49.4 Å². The van der Waals surface area contributed by atoms with Crippen molar-refractivity contribution in [3.8, 4) is 17.2 Å². The van der Waals surface area contributed by atoms with Crippen LogP contribution in [0.2, 0.25) is 0 Å². The highest BCUT2D eigenvalue weighted by Gasteiger charge is 2.48. The van der Waals surface area contributed by atoms with Crippen molar-refractivity contribution in [3.63, 3.8) is 0 Å². The minimum atomic E-state index is -0.914. The van der Waals surface area contributed by atoms with E-state index in [9.17, 15) is 14.7 Å². The van der Waals surface area contributed by atoms with E-state index in [0.717, 1.165) is 24.0 Å². The number of methoxy groups -OCH3 is 1. The molecule has 1 fully saturated rings. The van der Waals surface area contributed by atoms with Gasteiger partial charge in [0.05, 0.1) is 42.2 Å². The SMILES string of the molecule is CCCCCOc1cccc(C2C(=C(O)c3ccc(OC)cc3)C(=O)C(=O)N2c2nc3ccc(OCC)cc3s2)c1. The molecule has 0 radical (unpaired) electrons. The van der Waals surface area contributed by atoms with Gasteiger partial charge in [0.25, 0.3) is 5.78 Å². The van der Waals surface area contributed by atoms with Crippen molar-refractivity contribution in [3.05, 3.63) is 83.4 Å². The molecule has 1 aromatic heterocycles. The number of anilines is 1. The number of aromatic nitrogens is 1. The molecule has 9 heteroatoms. The molecular weight excluding hydrogens is 540 g/mol. The molecule has 0 bridgehead atoms. The fraction of sp³-hybridized carbons (Fsp3) is 0.281. The van der Waals surface area contributed by atoms with Gasteiger partial charge in [-0.1, -0.05) is 43.2 Å². The van der Waals surface area contributed by atoms with Crippen molar-refractivity contribution in [1.82, 2.24) is 4.98 Å². The summed E-state index contributed by atoms with van der Waals surface area (Å²) in [6.45, 7) is 5.12. The van der Waals surface area contributed by atoms with Gasteiger partial charge in [0.1, 0.15) is 23.0 Å². The van der Waals surface area contributed by atoms with Gasteiger partial charge in [-0.25, -0.2) is 4.98 Å². The van der Waals surface area contributed by atoms with Gasteiger partial charge in [0, 0.05) is 5.56 Å². The first-order valence-corrected chi connectivity index (χ1v) is 14.5. The van der Waals surface area contributed by atoms with Gasteiger partial charge in [0.15, 0.2) is 5.13 Å². The molecule has 5 rings (SSSR count). The van der Waals surface area contributed by atoms with Gasteiger partial charge < -0.3 is 19.3 Å². The van der Waals surface area contributed by atoms with Crippen LogP contribution in [-0.2, 0) is 9.59 Å². The van der Waals surface area contributed by atoms with Crippen LogP contribution >= 0.6 is 11.3 Å². The normalized spacial score (nSPS) is 16.4. The van der Waals surface area contributed by atoms with Crippen molar-refractivity contribution < 1.29 is 28.9 Å². The lowest BCUT2D eigenvalue weighted by molar-refractivity contribution is -0.132. The molecule has 212 valence electrons. The van der Waals surface area contributed by atoms with E-state index in [2.05, 4.69) is 6.92 Å². The van der Waals surface area contributed by atoms with Crippen LogP contribution in [0.1, 0.15) is 50.3 Å². The van der Waals surface area contributed by atoms with Gasteiger partial charge in [-0.05, 0) is 73.5 Å². The average Bonchev–Trinajstić information content (AvgIpc) is 3.53. The molecule has 3 aromatic carbocycles. The maximum Gasteiger partial charge on any atom is 0.301 e. The number of carbonyl (C=O) groups excluding carboxylic acids is 2. The van der Waals surface area contributed by atoms with E-state index in [4.69, 9.17) is 19.2 Å². The summed E-state index contributed by atoms with van der Waals surface area (Å²) < 4.78 is 17.7. The molecule has 0 saturated carbocycles. The minimum absolute atomic E-state index is 0.0161. The number of rotatable bonds is 11. The maximum atomic E-state index is 13.6. The number of benzene rings is 3. The molecule has 1 aliphatic heterocycles. The first-order valence-electron chi connectivity index (χ1n) is 13.7. The largest absolute Gasteiger partial charge is 0.507 e. The molecule has 2 heterocycles. The number of thiazole rings is 1. The average molecular weight is 573 g/mol. The van der Waals surface area contributed by atoms with E-state index in [-0.39, 0.29) is 11.3 Å². The Morgan fingerprint density at radius 2 is 1.71 bits per heavy atom. The molecule has 1 saturated heterocycles. The Hall–Kier alpha value is -4.37. The van der Waals surface area contributed by atoms with Crippen LogP contribution in [0.15, 0.2) is 72.3 Å². The maximum absolute atomic E-state index is 13.6. The minimum Gasteiger partial charge on any atom is -0.507 e. The fourth-order valence-corrected chi connectivity index (χ4v) is 5.84. The highest BCUT2D eigenvalue weighted by molar-refractivity contribution is 7.22. The monoisotopic (exact) mass is 572 g/mol. The number of unbranched alkanes of at least 4 members (excludes halogenated alkanes) is 2. The molecule has 4 aromatic rings. The lowest BCUT2D eigenvalue weighted by atomic mass is 9.95. The molecule has 8 nitrogen and oxygen atoms in total. The number of ketones is 1. The van der Waals surface area contributed by atoms with Crippen LogP contribution < -0.4 is 19.1 Å². The number of carbonyl (C=O) groups is 2. The smallest absolute Gasteiger partial charge is 0.301 e. The van der Waals surface area contributed by atoms with Crippen molar-refractivity contribution in [2.45, 2.75) is 39.2 Å². The molecular formula is C32H32N2O6S. The Kier molecular flexibility index (Phi) is 8.54. The molecule has 1 N–H and O–H groups in total. The molecule has 0 spiro atoms. The van der Waals surface area contributed by atoms with Crippen LogP contribution in [0.3, 0.4) is 0 Å². The second-order valence-electron chi connectivity index (χ2n) is 9.58. The predicted molar refractivity (Wildman–Crippen MR) is 160 cm³/mol. The summed E-state index contributed by atoms with van der Waals surface area (Å²) in [7, 11) is 1.55. The number of aliphatic hydroxyl groups is 1. The van der Waals surface area contributed by atoms with Crippen molar-refractivity contribution >= 4 is 44.1 Å². The summed E-state index contributed by atoms with van der Waals surface area (Å²) in [4.78, 5) is 33.3. The zero-order chi connectivity index (χ0) is 28.9. The Bertz CT molecular complexity index is 1590. The Labute approximate surface area is 242 Å². The first kappa shape index (κ1) is 28.2. The van der Waals surface area contributed by atoms with E-state index in [1.165, 1.54) is 16.2 Å². The number of Topliss-reactive ketones (excluding diaryl/α,β-unsaturated/α-hetero) is 1. The Balaban J connectivity index is 1.62. The van der Waals surface area contributed by atoms with Crippen molar-refractivity contribution in [2.24, 2.45) is 0 Å². The van der Waals surface area contributed by atoms with Crippen molar-refractivity contribution in [2.75, 3.05) is 25.2 Å². The quantitative estimate of drug-likeness (QED) is 0.0904. The van der Waals surface area contributed by atoms with Gasteiger partial charge in [-0.15, -0.1) is 0 Å². The molecule has 0 aliphatic carbocycles. The zero-order valence-electron chi connectivity index (χ0n) is 23.3. The Morgan fingerprint density at radius 1 is 0.951 bits per heavy atom. The van der Waals surface area contributed by atoms with E-state index in [0.29, 0.717) is 52.2 Å². The van der Waals surface area contributed by atoms with E-state index in [1.54, 1.807) is 31.4 Å². The summed E-state index contributed by atoms with van der Waals surface area (Å²) in [5.74, 6) is 0.107. The van der Waals surface area contributed by atoms with Crippen LogP contribution in [0.5, 0.6) is 17.2 Å². The van der Waals surface area contributed by atoms with Gasteiger partial charge in [-0.3, -0.25) is 14.5 Å². The zero-order valence-corrected chi connectivity index (χ0v) is 24.1. The Morgan fingerprint density at radius 3 is 2.44 bits per heavy atom. The summed E-state index contributed by atoms with van der Waals surface area (Å²) in [5.41, 5.74) is 1.68. The third kappa shape index (κ3) is 5.76. The molecule has 1 amide bonds. The van der Waals surface area contributed by atoms with Crippen LogP contribution in [0.25, 0.3) is 16.0 Å². The molecule has 41 heavy (non-hydrogen) atoms. The summed E-state index contributed by atoms with van der Waals surface area (Å²) in [6.07, 6.45) is 3.06. The van der Waals surface area contributed by atoms with E-state index < -0.39 is 17.7 Å². The third-order valence-electron chi connectivity index (χ3n) is 6.86. The number of nitrogens with zero attached hydrogens (tertiary/aromatic N) is 2. The number of amides is 1. The third-order valence-corrected chi connectivity index (χ3v) is 7.88. The highest BCUT2D eigenvalue weighted by Crippen LogP contribution is 2.45. The number of hydrogen-bond acceptors (Lipinski definition) is 8. The highest BCUT2D eigenvalue weighted by atomic mass is 32.1. The first-order chi connectivity index (χ1) is 19.9. The van der Waals surface area contributed by atoms with Gasteiger partial charge >= 0.3 is 5.91 Å². The number of ether oxygens (including phenoxy) is 3. The molecule has 1 atom stereocenters. The second kappa shape index (κ2) is 12.4. The van der Waals surface area contributed by atoms with Crippen LogP contribution in [0, 0.1) is 0 Å². The number of fused-ring (bicyclic) bond motifs is 1. The summed E-state index contributed by atoms with van der Waals surface area (Å²) in [6, 6.07) is 18.6. The second-order valence-corrected chi connectivity index (χ2v) is 10.6. The topological polar surface area (TPSA) is 98.2 Å². The van der Waals surface area contributed by atoms with Crippen LogP contribution in [-0.4, -0.2) is 42.1 Å². The summed E-state index contributed by atoms with van der Waals surface area (Å²) >= 11 is 1.29. The van der Waals surface area contributed by atoms with E-state index >= 15 is 0 Å². The molecule has 1 aliphatic rings. The molecule has 1 unspecified atom stereocenters. The predicted octanol–water partition coefficient (Wildman–Crippen LogP) is 6.90. The summed E-state index contributed by atoms with van der Waals surface area (Å²) in [5, 5.41) is 11.8. The fourth-order valence-electron chi connectivity index (χ4n) is 4.82. The van der Waals surface area contributed by atoms with Crippen molar-refractivity contribution in [1.29, 1.82) is 0 Å². The lowest BCUT2D eigenvalue weighted by Gasteiger charge is -2.23. The van der Waals surface area contributed by atoms with Crippen LogP contribution in [0.4, 0.5) is 5.13 Å². The standard InChI is InChI=1S/C32H32N2O6S/c1-4-6-7-17-40-23-10-8-9-21(18-23)28-27(29(35)20-11-13-22(38-3)14-12-20)30(36)31(37)34(28)32-33-25-16-15-24(39-5-2)19-26(25)41-32/h8-16,18-19,28,35H,4-7,17H2,1-3H3. The number of aliphatic hydroxyl groups excluding tert-OH is 1. The van der Waals surface area contributed by atoms with Gasteiger partial charge in [0.2, 0.25) is 0 Å². The van der Waals surface area contributed by atoms with Gasteiger partial charge in [-0.2, -0.15) is 0 Å².